The monoisotopic (exact) mass is 290 g/mol. The van der Waals surface area contributed by atoms with Crippen LogP contribution < -0.4 is 5.32 Å². The first-order valence-corrected chi connectivity index (χ1v) is 8.23. The summed E-state index contributed by atoms with van der Waals surface area (Å²) in [7, 11) is -0.779. The van der Waals surface area contributed by atoms with Gasteiger partial charge in [0.05, 0.1) is 12.3 Å². The van der Waals surface area contributed by atoms with Gasteiger partial charge in [-0.05, 0) is 31.8 Å². The van der Waals surface area contributed by atoms with E-state index in [-0.39, 0.29) is 5.97 Å². The molecule has 0 aliphatic heterocycles. The molecule has 1 heterocycles. The molecule has 0 bridgehead atoms. The first-order chi connectivity index (χ1) is 8.56. The molecule has 7 heteroatoms. The van der Waals surface area contributed by atoms with Crippen LogP contribution in [0.4, 0.5) is 5.00 Å². The smallest absolute Gasteiger partial charge is 0.343 e. The molecular weight excluding hydrogens is 272 g/mol. The van der Waals surface area contributed by atoms with E-state index in [2.05, 4.69) is 9.69 Å². The normalized spacial score (nSPS) is 12.2. The number of carbonyl (C=O) groups excluding carboxylic acids is 1. The Labute approximate surface area is 114 Å². The summed E-state index contributed by atoms with van der Waals surface area (Å²) in [6.45, 7) is 4.59. The van der Waals surface area contributed by atoms with Crippen LogP contribution in [0, 0.1) is 6.92 Å². The highest BCUT2D eigenvalue weighted by Crippen LogP contribution is 2.25. The number of hydrogen-bond acceptors (Lipinski definition) is 6. The highest BCUT2D eigenvalue weighted by molar-refractivity contribution is 7.84. The van der Waals surface area contributed by atoms with Crippen LogP contribution in [0.1, 0.15) is 29.4 Å². The molecule has 1 unspecified atom stereocenters. The number of nitrogens with zero attached hydrogens (tertiary/aromatic N) is 1. The topological polar surface area (TPSA) is 68.3 Å². The number of esters is 1. The molecule has 1 N–H and O–H groups in total. The fourth-order valence-electron chi connectivity index (χ4n) is 1.41. The zero-order valence-electron chi connectivity index (χ0n) is 10.8. The number of carbonyl (C=O) groups is 1. The Morgan fingerprint density at radius 2 is 2.28 bits per heavy atom. The molecule has 0 aromatic carbocycles. The lowest BCUT2D eigenvalue weighted by Gasteiger charge is -2.06. The Morgan fingerprint density at radius 3 is 2.89 bits per heavy atom. The van der Waals surface area contributed by atoms with E-state index < -0.39 is 10.8 Å². The first-order valence-electron chi connectivity index (χ1n) is 5.73. The van der Waals surface area contributed by atoms with Crippen LogP contribution in [0.25, 0.3) is 0 Å². The number of hydrogen-bond donors (Lipinski definition) is 1. The summed E-state index contributed by atoms with van der Waals surface area (Å²) in [5.74, 6) is 0.310. The fraction of sp³-hybridized carbons (Fsp3) is 0.636. The molecule has 0 fully saturated rings. The maximum absolute atomic E-state index is 11.7. The summed E-state index contributed by atoms with van der Waals surface area (Å²) in [4.78, 5) is 11.7. The van der Waals surface area contributed by atoms with E-state index in [1.807, 2.05) is 0 Å². The number of nitrogens with one attached hydrogen (secondary N) is 1. The van der Waals surface area contributed by atoms with Crippen molar-refractivity contribution in [3.8, 4) is 0 Å². The molecule has 0 amide bonds. The lowest BCUT2D eigenvalue weighted by Crippen LogP contribution is -2.11. The molecule has 0 aliphatic rings. The molecule has 1 aromatic rings. The minimum Gasteiger partial charge on any atom is -0.462 e. The van der Waals surface area contributed by atoms with Gasteiger partial charge in [0.2, 0.25) is 0 Å². The van der Waals surface area contributed by atoms with Crippen molar-refractivity contribution in [1.29, 1.82) is 0 Å². The second-order valence-electron chi connectivity index (χ2n) is 3.75. The van der Waals surface area contributed by atoms with Gasteiger partial charge in [0.15, 0.2) is 0 Å². The minimum absolute atomic E-state index is 0.342. The van der Waals surface area contributed by atoms with Gasteiger partial charge in [-0.2, -0.15) is 4.37 Å². The molecule has 0 saturated heterocycles. The number of aryl methyl sites for hydroxylation is 1. The molecule has 0 spiro atoms. The zero-order valence-corrected chi connectivity index (χ0v) is 12.4. The van der Waals surface area contributed by atoms with Gasteiger partial charge in [0.1, 0.15) is 10.6 Å². The molecule has 0 radical (unpaired) electrons. The molecule has 0 aliphatic carbocycles. The molecule has 102 valence electrons. The quantitative estimate of drug-likeness (QED) is 0.612. The Kier molecular flexibility index (Phi) is 6.28. The average Bonchev–Trinajstić information content (AvgIpc) is 2.66. The van der Waals surface area contributed by atoms with Crippen LogP contribution >= 0.6 is 11.5 Å². The van der Waals surface area contributed by atoms with Gasteiger partial charge in [-0.1, -0.05) is 0 Å². The Morgan fingerprint density at radius 1 is 1.56 bits per heavy atom. The summed E-state index contributed by atoms with van der Waals surface area (Å²) in [6.07, 6.45) is 2.48. The van der Waals surface area contributed by atoms with Crippen LogP contribution in [-0.2, 0) is 15.5 Å². The third-order valence-electron chi connectivity index (χ3n) is 2.24. The Hall–Kier alpha value is -0.950. The van der Waals surface area contributed by atoms with E-state index in [4.69, 9.17) is 4.74 Å². The third-order valence-corrected chi connectivity index (χ3v) is 4.00. The molecule has 5 nitrogen and oxygen atoms in total. The Balaban J connectivity index is 2.60. The molecule has 18 heavy (non-hydrogen) atoms. The van der Waals surface area contributed by atoms with Crippen molar-refractivity contribution in [2.45, 2.75) is 20.3 Å². The van der Waals surface area contributed by atoms with Gasteiger partial charge in [-0.3, -0.25) is 4.21 Å². The van der Waals surface area contributed by atoms with E-state index in [0.717, 1.165) is 11.4 Å². The van der Waals surface area contributed by atoms with Crippen LogP contribution in [0.5, 0.6) is 0 Å². The lowest BCUT2D eigenvalue weighted by atomic mass is 10.2. The van der Waals surface area contributed by atoms with Gasteiger partial charge in [-0.15, -0.1) is 0 Å². The van der Waals surface area contributed by atoms with Gasteiger partial charge >= 0.3 is 5.97 Å². The van der Waals surface area contributed by atoms with Crippen molar-refractivity contribution in [2.24, 2.45) is 0 Å². The maximum atomic E-state index is 11.7. The predicted molar refractivity (Wildman–Crippen MR) is 74.8 cm³/mol. The van der Waals surface area contributed by atoms with Crippen molar-refractivity contribution in [2.75, 3.05) is 30.5 Å². The summed E-state index contributed by atoms with van der Waals surface area (Å²) in [5, 5.41) is 3.88. The first kappa shape index (κ1) is 15.1. The number of aromatic nitrogens is 1. The summed E-state index contributed by atoms with van der Waals surface area (Å²) < 4.78 is 20.1. The van der Waals surface area contributed by atoms with Crippen molar-refractivity contribution in [3.63, 3.8) is 0 Å². The summed E-state index contributed by atoms with van der Waals surface area (Å²) >= 11 is 1.25. The highest BCUT2D eigenvalue weighted by atomic mass is 32.2. The number of rotatable bonds is 7. The third kappa shape index (κ3) is 4.38. The van der Waals surface area contributed by atoms with Crippen LogP contribution in [0.3, 0.4) is 0 Å². The van der Waals surface area contributed by atoms with Crippen LogP contribution in [-0.4, -0.2) is 39.7 Å². The molecule has 1 aromatic heterocycles. The average molecular weight is 290 g/mol. The number of ether oxygens (including phenoxy) is 1. The lowest BCUT2D eigenvalue weighted by molar-refractivity contribution is 0.0527. The van der Waals surface area contributed by atoms with E-state index in [9.17, 15) is 9.00 Å². The second kappa shape index (κ2) is 7.48. The maximum Gasteiger partial charge on any atom is 0.343 e. The molecule has 0 saturated carbocycles. The van der Waals surface area contributed by atoms with Gasteiger partial charge in [0.25, 0.3) is 0 Å². The largest absolute Gasteiger partial charge is 0.462 e. The molecule has 1 atom stereocenters. The van der Waals surface area contributed by atoms with Crippen LogP contribution in [0.15, 0.2) is 0 Å². The van der Waals surface area contributed by atoms with Crippen molar-refractivity contribution < 1.29 is 13.7 Å². The number of anilines is 1. The second-order valence-corrected chi connectivity index (χ2v) is 6.08. The van der Waals surface area contributed by atoms with Crippen molar-refractivity contribution in [3.05, 3.63) is 11.3 Å². The zero-order chi connectivity index (χ0) is 13.5. The fourth-order valence-corrected chi connectivity index (χ4v) is 2.77. The van der Waals surface area contributed by atoms with E-state index >= 15 is 0 Å². The van der Waals surface area contributed by atoms with Gasteiger partial charge in [0, 0.05) is 29.4 Å². The summed E-state index contributed by atoms with van der Waals surface area (Å²) in [5.41, 5.74) is 1.19. The minimum atomic E-state index is -0.779. The van der Waals surface area contributed by atoms with E-state index in [1.165, 1.54) is 11.5 Å². The molecule has 1 rings (SSSR count). The van der Waals surface area contributed by atoms with Gasteiger partial charge in [-0.25, -0.2) is 4.79 Å². The van der Waals surface area contributed by atoms with Crippen molar-refractivity contribution in [1.82, 2.24) is 4.37 Å². The van der Waals surface area contributed by atoms with Crippen LogP contribution in [0.2, 0.25) is 0 Å². The standard InChI is InChI=1S/C11H18N2O3S2/c1-4-16-11(14)9-8(2)13-17-10(9)12-6-5-7-18(3)15/h12H,4-7H2,1-3H3. The Bertz CT molecular complexity index is 432. The van der Waals surface area contributed by atoms with E-state index in [0.29, 0.717) is 30.2 Å². The van der Waals surface area contributed by atoms with E-state index in [1.54, 1.807) is 20.1 Å². The highest BCUT2D eigenvalue weighted by Gasteiger charge is 2.19. The predicted octanol–water partition coefficient (Wildman–Crippen LogP) is 1.81. The molecular formula is C11H18N2O3S2. The van der Waals surface area contributed by atoms with Gasteiger partial charge < -0.3 is 10.1 Å². The van der Waals surface area contributed by atoms with Crippen molar-refractivity contribution >= 4 is 33.3 Å². The summed E-state index contributed by atoms with van der Waals surface area (Å²) in [6, 6.07) is 0. The SMILES string of the molecule is CCOC(=O)c1c(C)nsc1NCCCS(C)=O.